The molecule has 58 heavy (non-hydrogen) atoms. The van der Waals surface area contributed by atoms with Crippen molar-refractivity contribution in [1.29, 1.82) is 0 Å². The molecule has 0 amide bonds. The Bertz CT molecular complexity index is 3350. The van der Waals surface area contributed by atoms with Crippen molar-refractivity contribution in [1.82, 2.24) is 0 Å². The Morgan fingerprint density at radius 1 is 0.414 bits per heavy atom. The monoisotopic (exact) mass is 742 g/mol. The van der Waals surface area contributed by atoms with E-state index in [-0.39, 0.29) is 0 Å². The van der Waals surface area contributed by atoms with Crippen molar-refractivity contribution in [2.75, 3.05) is 0 Å². The highest BCUT2D eigenvalue weighted by molar-refractivity contribution is 6.21. The van der Waals surface area contributed by atoms with Gasteiger partial charge in [0.25, 0.3) is 0 Å². The SMILES string of the molecule is C\C1=C(c2cc3ccccc3c3ccccc23)/N=C(c2ccccc2)\N=C(\c2ccccc2-c2cccc3oc4c(-c5ccc6ccccc6c5)cccc4c23)CC1. The van der Waals surface area contributed by atoms with E-state index in [1.54, 1.807) is 0 Å². The molecule has 0 fully saturated rings. The summed E-state index contributed by atoms with van der Waals surface area (Å²) < 4.78 is 6.78. The van der Waals surface area contributed by atoms with Crippen molar-refractivity contribution >= 4 is 71.5 Å². The minimum absolute atomic E-state index is 0.712. The number of furan rings is 1. The molecule has 0 radical (unpaired) electrons. The first-order valence-corrected chi connectivity index (χ1v) is 20.0. The van der Waals surface area contributed by atoms with Crippen molar-refractivity contribution in [3.8, 4) is 22.3 Å². The molecular weight excluding hydrogens is 705 g/mol. The first-order chi connectivity index (χ1) is 28.7. The average molecular weight is 743 g/mol. The van der Waals surface area contributed by atoms with Gasteiger partial charge in [-0.1, -0.05) is 170 Å². The summed E-state index contributed by atoms with van der Waals surface area (Å²) in [5, 5.41) is 9.54. The van der Waals surface area contributed by atoms with Crippen LogP contribution in [0.15, 0.2) is 208 Å². The van der Waals surface area contributed by atoms with Crippen LogP contribution >= 0.6 is 0 Å². The minimum atomic E-state index is 0.712. The molecule has 0 spiro atoms. The molecule has 0 aliphatic carbocycles. The van der Waals surface area contributed by atoms with E-state index in [9.17, 15) is 0 Å². The Labute approximate surface area is 337 Å². The van der Waals surface area contributed by atoms with Crippen LogP contribution in [0.4, 0.5) is 0 Å². The van der Waals surface area contributed by atoms with Crippen LogP contribution in [0.1, 0.15) is 36.5 Å². The van der Waals surface area contributed by atoms with Crippen LogP contribution in [0.5, 0.6) is 0 Å². The van der Waals surface area contributed by atoms with Gasteiger partial charge in [0.2, 0.25) is 0 Å². The third kappa shape index (κ3) is 5.74. The summed E-state index contributed by atoms with van der Waals surface area (Å²) in [6.07, 6.45) is 1.58. The van der Waals surface area contributed by atoms with Gasteiger partial charge in [0, 0.05) is 33.0 Å². The molecule has 0 saturated carbocycles. The number of amidine groups is 1. The number of para-hydroxylation sites is 1. The second-order valence-corrected chi connectivity index (χ2v) is 15.3. The maximum absolute atomic E-state index is 6.78. The highest BCUT2D eigenvalue weighted by atomic mass is 16.3. The average Bonchev–Trinajstić information content (AvgIpc) is 3.67. The number of allylic oxidation sites excluding steroid dienone is 1. The van der Waals surface area contributed by atoms with Gasteiger partial charge in [-0.25, -0.2) is 9.98 Å². The molecule has 274 valence electrons. The molecule has 3 heteroatoms. The van der Waals surface area contributed by atoms with Gasteiger partial charge < -0.3 is 4.42 Å². The molecule has 0 saturated heterocycles. The van der Waals surface area contributed by atoms with E-state index in [0.717, 1.165) is 85.1 Å². The summed E-state index contributed by atoms with van der Waals surface area (Å²) in [6, 6.07) is 66.9. The fraction of sp³-hybridized carbons (Fsp3) is 0.0545. The van der Waals surface area contributed by atoms with Crippen LogP contribution in [0, 0.1) is 0 Å². The first kappa shape index (κ1) is 33.9. The number of fused-ring (bicyclic) bond motifs is 7. The van der Waals surface area contributed by atoms with E-state index in [1.165, 1.54) is 37.9 Å². The third-order valence-electron chi connectivity index (χ3n) is 11.8. The molecule has 0 bridgehead atoms. The second kappa shape index (κ2) is 14.0. The molecule has 1 aliphatic rings. The van der Waals surface area contributed by atoms with Crippen molar-refractivity contribution in [2.24, 2.45) is 9.98 Å². The minimum Gasteiger partial charge on any atom is -0.455 e. The highest BCUT2D eigenvalue weighted by Crippen LogP contribution is 2.43. The lowest BCUT2D eigenvalue weighted by Gasteiger charge is -2.19. The Kier molecular flexibility index (Phi) is 8.18. The smallest absolute Gasteiger partial charge is 0.160 e. The van der Waals surface area contributed by atoms with Crippen LogP contribution < -0.4 is 0 Å². The molecule has 9 aromatic carbocycles. The second-order valence-electron chi connectivity index (χ2n) is 15.3. The molecule has 1 aromatic heterocycles. The quantitative estimate of drug-likeness (QED) is 0.162. The number of hydrogen-bond donors (Lipinski definition) is 0. The molecular formula is C55H38N2O. The van der Waals surface area contributed by atoms with Crippen molar-refractivity contribution < 1.29 is 4.42 Å². The number of hydrogen-bond acceptors (Lipinski definition) is 3. The summed E-state index contributed by atoms with van der Waals surface area (Å²) in [6.45, 7) is 2.24. The van der Waals surface area contributed by atoms with E-state index in [4.69, 9.17) is 14.4 Å². The standard InChI is InChI=1S/C55H38N2O/c1-35-29-32-50(56-55(37-16-3-2-4-17-37)57-53(35)49-34-39-19-7-8-20-41(39)43-21-9-10-22-44(43)49)46-24-12-11-23-45(46)47-26-14-28-51-52(47)48-27-13-25-42(54(48)58-51)40-31-30-36-15-5-6-18-38(36)33-40/h2-28,30-31,33-34H,29,32H2,1H3/b53-35+,56-50+,57-55-. The Balaban J connectivity index is 1.08. The van der Waals surface area contributed by atoms with Gasteiger partial charge in [-0.15, -0.1) is 0 Å². The Morgan fingerprint density at radius 2 is 1.07 bits per heavy atom. The molecule has 2 heterocycles. The molecule has 1 aliphatic heterocycles. The van der Waals surface area contributed by atoms with Crippen LogP contribution in [0.2, 0.25) is 0 Å². The van der Waals surface area contributed by atoms with Gasteiger partial charge in [0.05, 0.1) is 11.4 Å². The predicted molar refractivity (Wildman–Crippen MR) is 245 cm³/mol. The van der Waals surface area contributed by atoms with Gasteiger partial charge in [-0.05, 0) is 92.5 Å². The summed E-state index contributed by atoms with van der Waals surface area (Å²) in [5.41, 5.74) is 12.7. The zero-order chi connectivity index (χ0) is 38.6. The zero-order valence-electron chi connectivity index (χ0n) is 32.1. The zero-order valence-corrected chi connectivity index (χ0v) is 32.1. The van der Waals surface area contributed by atoms with Gasteiger partial charge in [-0.2, -0.15) is 0 Å². The maximum atomic E-state index is 6.78. The summed E-state index contributed by atoms with van der Waals surface area (Å²) in [4.78, 5) is 11.1. The van der Waals surface area contributed by atoms with Crippen LogP contribution in [0.3, 0.4) is 0 Å². The normalized spacial score (nSPS) is 16.6. The van der Waals surface area contributed by atoms with Crippen molar-refractivity contribution in [2.45, 2.75) is 19.8 Å². The topological polar surface area (TPSA) is 37.9 Å². The lowest BCUT2D eigenvalue weighted by molar-refractivity contribution is 0.670. The van der Waals surface area contributed by atoms with Crippen LogP contribution in [-0.2, 0) is 0 Å². The van der Waals surface area contributed by atoms with E-state index >= 15 is 0 Å². The van der Waals surface area contributed by atoms with Crippen LogP contribution in [-0.4, -0.2) is 11.5 Å². The molecule has 10 aromatic rings. The third-order valence-corrected chi connectivity index (χ3v) is 11.8. The number of rotatable bonds is 5. The molecule has 0 unspecified atom stereocenters. The highest BCUT2D eigenvalue weighted by Gasteiger charge is 2.22. The number of benzene rings is 9. The predicted octanol–water partition coefficient (Wildman–Crippen LogP) is 14.8. The molecule has 11 rings (SSSR count). The number of nitrogens with zero attached hydrogens (tertiary/aromatic N) is 2. The van der Waals surface area contributed by atoms with E-state index in [2.05, 4.69) is 189 Å². The summed E-state index contributed by atoms with van der Waals surface area (Å²) in [7, 11) is 0. The summed E-state index contributed by atoms with van der Waals surface area (Å²) in [5.74, 6) is 0.712. The largest absolute Gasteiger partial charge is 0.455 e. The van der Waals surface area contributed by atoms with Gasteiger partial charge >= 0.3 is 0 Å². The van der Waals surface area contributed by atoms with E-state index < -0.39 is 0 Å². The van der Waals surface area contributed by atoms with Gasteiger partial charge in [-0.3, -0.25) is 0 Å². The lowest BCUT2D eigenvalue weighted by Crippen LogP contribution is -2.11. The number of aliphatic imine (C=N–C) groups is 2. The van der Waals surface area contributed by atoms with E-state index in [0.29, 0.717) is 5.84 Å². The van der Waals surface area contributed by atoms with E-state index in [1.807, 2.05) is 6.07 Å². The summed E-state index contributed by atoms with van der Waals surface area (Å²) >= 11 is 0. The van der Waals surface area contributed by atoms with Crippen molar-refractivity contribution in [3.63, 3.8) is 0 Å². The Hall–Kier alpha value is -7.36. The first-order valence-electron chi connectivity index (χ1n) is 20.0. The molecule has 0 atom stereocenters. The van der Waals surface area contributed by atoms with Crippen molar-refractivity contribution in [3.05, 3.63) is 210 Å². The Morgan fingerprint density at radius 3 is 1.93 bits per heavy atom. The fourth-order valence-electron chi connectivity index (χ4n) is 8.91. The fourth-order valence-corrected chi connectivity index (χ4v) is 8.91. The van der Waals surface area contributed by atoms with Gasteiger partial charge in [0.1, 0.15) is 11.2 Å². The molecule has 3 nitrogen and oxygen atoms in total. The van der Waals surface area contributed by atoms with Gasteiger partial charge in [0.15, 0.2) is 5.84 Å². The molecule has 0 N–H and O–H groups in total. The maximum Gasteiger partial charge on any atom is 0.160 e. The van der Waals surface area contributed by atoms with Crippen LogP contribution in [0.25, 0.3) is 82.2 Å². The lowest BCUT2D eigenvalue weighted by atomic mass is 9.89.